The van der Waals surface area contributed by atoms with Crippen LogP contribution in [0.3, 0.4) is 0 Å². The van der Waals surface area contributed by atoms with Gasteiger partial charge in [0.25, 0.3) is 0 Å². The molecule has 0 aliphatic carbocycles. The Morgan fingerprint density at radius 2 is 1.94 bits per heavy atom. The first-order valence-corrected chi connectivity index (χ1v) is 6.37. The summed E-state index contributed by atoms with van der Waals surface area (Å²) >= 11 is 2.36. The van der Waals surface area contributed by atoms with E-state index in [0.29, 0.717) is 0 Å². The largest absolute Gasteiger partial charge is 0.353 e. The van der Waals surface area contributed by atoms with Crippen molar-refractivity contribution in [1.82, 2.24) is 4.98 Å². The predicted molar refractivity (Wildman–Crippen MR) is 78.4 cm³/mol. The van der Waals surface area contributed by atoms with Gasteiger partial charge in [0.05, 0.1) is 11.2 Å². The van der Waals surface area contributed by atoms with Crippen LogP contribution in [0.4, 0.5) is 0 Å². The molecule has 2 aromatic rings. The zero-order chi connectivity index (χ0) is 11.8. The Hall–Kier alpha value is -0.840. The van der Waals surface area contributed by atoms with Gasteiger partial charge in [0.2, 0.25) is 0 Å². The third-order valence-electron chi connectivity index (χ3n) is 2.25. The van der Waals surface area contributed by atoms with Crippen molar-refractivity contribution < 1.29 is 0 Å². The molecule has 0 unspecified atom stereocenters. The highest BCUT2D eigenvalue weighted by Crippen LogP contribution is 2.23. The molecule has 0 saturated heterocycles. The van der Waals surface area contributed by atoms with E-state index in [9.17, 15) is 0 Å². The lowest BCUT2D eigenvalue weighted by Gasteiger charge is -2.10. The molecule has 0 spiro atoms. The molecular formula is C13H15IN2. The molecule has 1 aromatic heterocycles. The molecule has 0 amide bonds. The lowest BCUT2D eigenvalue weighted by atomic mass is 10.1. The SMILES string of the molecule is CC(C)(C)N=Cc1[nH]c2ccccc2c1I. The number of aromatic amines is 1. The van der Waals surface area contributed by atoms with Crippen LogP contribution in [0.15, 0.2) is 29.3 Å². The van der Waals surface area contributed by atoms with Gasteiger partial charge in [-0.3, -0.25) is 4.99 Å². The number of hydrogen-bond donors (Lipinski definition) is 1. The summed E-state index contributed by atoms with van der Waals surface area (Å²) in [6, 6.07) is 8.32. The van der Waals surface area contributed by atoms with E-state index in [1.165, 1.54) is 14.5 Å². The van der Waals surface area contributed by atoms with Gasteiger partial charge in [0.15, 0.2) is 0 Å². The Morgan fingerprint density at radius 3 is 2.56 bits per heavy atom. The second-order valence-corrected chi connectivity index (χ2v) is 5.91. The summed E-state index contributed by atoms with van der Waals surface area (Å²) in [5.41, 5.74) is 2.24. The minimum Gasteiger partial charge on any atom is -0.353 e. The number of aromatic nitrogens is 1. The van der Waals surface area contributed by atoms with Crippen molar-refractivity contribution in [3.05, 3.63) is 33.5 Å². The number of nitrogens with zero attached hydrogens (tertiary/aromatic N) is 1. The number of benzene rings is 1. The van der Waals surface area contributed by atoms with Crippen LogP contribution in [-0.2, 0) is 0 Å². The van der Waals surface area contributed by atoms with Crippen LogP contribution in [0.1, 0.15) is 26.5 Å². The molecule has 0 atom stereocenters. The molecule has 0 fully saturated rings. The third-order valence-corrected chi connectivity index (χ3v) is 3.41. The fourth-order valence-electron chi connectivity index (χ4n) is 1.48. The fraction of sp³-hybridized carbons (Fsp3) is 0.308. The van der Waals surface area contributed by atoms with E-state index in [2.05, 4.69) is 71.5 Å². The summed E-state index contributed by atoms with van der Waals surface area (Å²) in [5, 5.41) is 1.26. The van der Waals surface area contributed by atoms with Gasteiger partial charge < -0.3 is 4.98 Å². The predicted octanol–water partition coefficient (Wildman–Crippen LogP) is 3.99. The van der Waals surface area contributed by atoms with Crippen molar-refractivity contribution in [3.8, 4) is 0 Å². The average Bonchev–Trinajstić information content (AvgIpc) is 2.53. The summed E-state index contributed by atoms with van der Waals surface area (Å²) in [7, 11) is 0. The molecule has 0 saturated carbocycles. The Labute approximate surface area is 109 Å². The van der Waals surface area contributed by atoms with Crippen LogP contribution in [0.2, 0.25) is 0 Å². The van der Waals surface area contributed by atoms with E-state index in [-0.39, 0.29) is 5.54 Å². The van der Waals surface area contributed by atoms with Crippen LogP contribution in [-0.4, -0.2) is 16.7 Å². The zero-order valence-corrected chi connectivity index (χ0v) is 11.9. The Bertz CT molecular complexity index is 532. The minimum absolute atomic E-state index is 0.0274. The van der Waals surface area contributed by atoms with Crippen molar-refractivity contribution >= 4 is 39.7 Å². The molecule has 0 aliphatic heterocycles. The van der Waals surface area contributed by atoms with Gasteiger partial charge in [0.1, 0.15) is 0 Å². The number of fused-ring (bicyclic) bond motifs is 1. The Balaban J connectivity index is 2.46. The lowest BCUT2D eigenvalue weighted by Crippen LogP contribution is -2.09. The maximum atomic E-state index is 4.52. The highest BCUT2D eigenvalue weighted by atomic mass is 127. The van der Waals surface area contributed by atoms with Gasteiger partial charge in [-0.25, -0.2) is 0 Å². The number of para-hydroxylation sites is 1. The number of H-pyrrole nitrogens is 1. The highest BCUT2D eigenvalue weighted by Gasteiger charge is 2.09. The number of hydrogen-bond acceptors (Lipinski definition) is 1. The van der Waals surface area contributed by atoms with E-state index in [1.54, 1.807) is 0 Å². The van der Waals surface area contributed by atoms with E-state index in [4.69, 9.17) is 0 Å². The van der Waals surface area contributed by atoms with Crippen LogP contribution in [0.5, 0.6) is 0 Å². The standard InChI is InChI=1S/C13H15IN2/c1-13(2,3)15-8-11-12(14)9-6-4-5-7-10(9)16-11/h4-8,16H,1-3H3. The van der Waals surface area contributed by atoms with E-state index >= 15 is 0 Å². The molecule has 84 valence electrons. The lowest BCUT2D eigenvalue weighted by molar-refractivity contribution is 0.586. The molecule has 3 heteroatoms. The Morgan fingerprint density at radius 1 is 1.25 bits per heavy atom. The highest BCUT2D eigenvalue weighted by molar-refractivity contribution is 14.1. The van der Waals surface area contributed by atoms with Crippen LogP contribution in [0, 0.1) is 3.57 Å². The molecule has 1 aromatic carbocycles. The number of rotatable bonds is 1. The fourth-order valence-corrected chi connectivity index (χ4v) is 2.22. The van der Waals surface area contributed by atoms with Crippen molar-refractivity contribution in [2.75, 3.05) is 0 Å². The summed E-state index contributed by atoms with van der Waals surface area (Å²) < 4.78 is 1.24. The number of aliphatic imine (C=N–C) groups is 1. The van der Waals surface area contributed by atoms with Crippen molar-refractivity contribution in [2.24, 2.45) is 4.99 Å². The average molecular weight is 326 g/mol. The maximum Gasteiger partial charge on any atom is 0.0708 e. The molecule has 0 bridgehead atoms. The van der Waals surface area contributed by atoms with Crippen LogP contribution >= 0.6 is 22.6 Å². The van der Waals surface area contributed by atoms with Gasteiger partial charge >= 0.3 is 0 Å². The van der Waals surface area contributed by atoms with Crippen molar-refractivity contribution in [3.63, 3.8) is 0 Å². The van der Waals surface area contributed by atoms with Gasteiger partial charge in [0, 0.05) is 20.7 Å². The normalized spacial score (nSPS) is 12.8. The molecule has 16 heavy (non-hydrogen) atoms. The number of halogens is 1. The molecule has 0 aliphatic rings. The molecule has 0 radical (unpaired) electrons. The van der Waals surface area contributed by atoms with Crippen molar-refractivity contribution in [1.29, 1.82) is 0 Å². The smallest absolute Gasteiger partial charge is 0.0708 e. The molecule has 1 heterocycles. The summed E-state index contributed by atoms with van der Waals surface area (Å²) in [5.74, 6) is 0. The van der Waals surface area contributed by atoms with Crippen LogP contribution in [0.25, 0.3) is 10.9 Å². The molecule has 2 rings (SSSR count). The monoisotopic (exact) mass is 326 g/mol. The first-order chi connectivity index (χ1) is 7.47. The van der Waals surface area contributed by atoms with Gasteiger partial charge in [-0.2, -0.15) is 0 Å². The van der Waals surface area contributed by atoms with Crippen LogP contribution < -0.4 is 0 Å². The quantitative estimate of drug-likeness (QED) is 0.606. The molecular weight excluding hydrogens is 311 g/mol. The first kappa shape index (κ1) is 11.6. The van der Waals surface area contributed by atoms with E-state index < -0.39 is 0 Å². The first-order valence-electron chi connectivity index (χ1n) is 5.29. The van der Waals surface area contributed by atoms with E-state index in [1.807, 2.05) is 12.3 Å². The summed E-state index contributed by atoms with van der Waals surface area (Å²) in [6.45, 7) is 6.29. The third kappa shape index (κ3) is 2.45. The number of nitrogens with one attached hydrogen (secondary N) is 1. The van der Waals surface area contributed by atoms with E-state index in [0.717, 1.165) is 5.69 Å². The molecule has 2 nitrogen and oxygen atoms in total. The second-order valence-electron chi connectivity index (χ2n) is 4.83. The van der Waals surface area contributed by atoms with Gasteiger partial charge in [-0.05, 0) is 49.4 Å². The zero-order valence-electron chi connectivity index (χ0n) is 9.71. The van der Waals surface area contributed by atoms with Crippen molar-refractivity contribution in [2.45, 2.75) is 26.3 Å². The summed E-state index contributed by atoms with van der Waals surface area (Å²) in [6.07, 6.45) is 1.93. The molecule has 1 N–H and O–H groups in total. The maximum absolute atomic E-state index is 4.52. The second kappa shape index (κ2) is 4.20. The minimum atomic E-state index is -0.0274. The van der Waals surface area contributed by atoms with Gasteiger partial charge in [-0.15, -0.1) is 0 Å². The topological polar surface area (TPSA) is 28.1 Å². The van der Waals surface area contributed by atoms with Gasteiger partial charge in [-0.1, -0.05) is 18.2 Å². The summed E-state index contributed by atoms with van der Waals surface area (Å²) in [4.78, 5) is 7.90. The Kier molecular flexibility index (Phi) is 3.06.